The number of carboxylic acids is 1. The Hall–Kier alpha value is -4.84. The zero-order valence-electron chi connectivity index (χ0n) is 23.6. The fourth-order valence-corrected chi connectivity index (χ4v) is 4.15. The fraction of sp³-hybridized carbons (Fsp3) is 0.233. The molecule has 0 saturated carbocycles. The number of rotatable bonds is 8. The molecule has 42 heavy (non-hydrogen) atoms. The molecule has 0 bridgehead atoms. The van der Waals surface area contributed by atoms with Crippen LogP contribution in [0.3, 0.4) is 0 Å². The lowest BCUT2D eigenvalue weighted by molar-refractivity contribution is -0.344. The van der Waals surface area contributed by atoms with Crippen LogP contribution in [0.25, 0.3) is 10.9 Å². The van der Waals surface area contributed by atoms with Crippen molar-refractivity contribution in [2.75, 3.05) is 28.3 Å². The van der Waals surface area contributed by atoms with Gasteiger partial charge in [0.25, 0.3) is 5.91 Å². The number of hydrogen-bond donors (Lipinski definition) is 3. The van der Waals surface area contributed by atoms with Gasteiger partial charge in [-0.1, -0.05) is 36.4 Å². The van der Waals surface area contributed by atoms with E-state index in [2.05, 4.69) is 38.6 Å². The molecule has 0 fully saturated rings. The number of nitrogens with one attached hydrogen (secondary N) is 2. The number of aliphatic carboxylic acids is 1. The maximum Gasteiger partial charge on any atom is 0.430 e. The molecule has 0 spiro atoms. The third-order valence-electron chi connectivity index (χ3n) is 6.33. The first-order valence-electron chi connectivity index (χ1n) is 12.7. The number of nitrogens with two attached hydrogens (primary N) is 1. The molecule has 4 rings (SSSR count). The minimum atomic E-state index is -5.19. The molecule has 1 aromatic heterocycles. The standard InChI is InChI=1S/C28H31N5O2.C2HF3O2/c1-33(2,3)22-13-11-19(12-14-22)17-31-28(34)25-16-23-24(9-6-10-26(23)35-4)32(25)18-20-7-5-8-21(15-20)27(29)30;3-2(4,5)1(6)7/h5-16H,17-18H2,1-4H3,(H3-,29,30,31,34);(H,6,7). The molecule has 0 aliphatic heterocycles. The van der Waals surface area contributed by atoms with Crippen LogP contribution in [0.1, 0.15) is 27.2 Å². The summed E-state index contributed by atoms with van der Waals surface area (Å²) in [5.74, 6) is -2.45. The molecule has 3 aromatic carbocycles. The van der Waals surface area contributed by atoms with Gasteiger partial charge in [0.05, 0.1) is 33.8 Å². The summed E-state index contributed by atoms with van der Waals surface area (Å²) in [7, 11) is 7.99. The monoisotopic (exact) mass is 583 g/mol. The fourth-order valence-electron chi connectivity index (χ4n) is 4.15. The van der Waals surface area contributed by atoms with Gasteiger partial charge in [-0.05, 0) is 47.5 Å². The van der Waals surface area contributed by atoms with Crippen molar-refractivity contribution in [3.8, 4) is 5.75 Å². The second-order valence-electron chi connectivity index (χ2n) is 10.3. The summed E-state index contributed by atoms with van der Waals surface area (Å²) in [4.78, 5) is 22.2. The van der Waals surface area contributed by atoms with Gasteiger partial charge >= 0.3 is 6.18 Å². The van der Waals surface area contributed by atoms with Crippen molar-refractivity contribution in [2.24, 2.45) is 5.73 Å². The lowest BCUT2D eigenvalue weighted by atomic mass is 10.1. The number of carbonyl (C=O) groups excluding carboxylic acids is 2. The molecule has 0 unspecified atom stereocenters. The molecule has 222 valence electrons. The molecular formula is C30H32F3N5O4. The number of nitrogen functional groups attached to an aromatic ring is 1. The normalized spacial score (nSPS) is 11.4. The van der Waals surface area contributed by atoms with E-state index in [0.29, 0.717) is 30.1 Å². The highest BCUT2D eigenvalue weighted by Gasteiger charge is 2.28. The summed E-state index contributed by atoms with van der Waals surface area (Å²) in [6.07, 6.45) is -5.19. The Morgan fingerprint density at radius 3 is 2.17 bits per heavy atom. The van der Waals surface area contributed by atoms with Crippen LogP contribution in [0.2, 0.25) is 0 Å². The van der Waals surface area contributed by atoms with Gasteiger partial charge in [-0.2, -0.15) is 13.2 Å². The van der Waals surface area contributed by atoms with Gasteiger partial charge in [-0.25, -0.2) is 0 Å². The predicted octanol–water partition coefficient (Wildman–Crippen LogP) is 3.41. The summed E-state index contributed by atoms with van der Waals surface area (Å²) >= 11 is 0. The van der Waals surface area contributed by atoms with Crippen LogP contribution in [-0.2, 0) is 17.9 Å². The summed E-state index contributed by atoms with van der Waals surface area (Å²) in [6.45, 7) is 0.882. The van der Waals surface area contributed by atoms with Gasteiger partial charge in [-0.3, -0.25) is 14.7 Å². The smallest absolute Gasteiger partial charge is 0.430 e. The molecule has 9 nitrogen and oxygen atoms in total. The molecule has 12 heteroatoms. The molecule has 1 amide bonds. The number of carbonyl (C=O) groups is 2. The predicted molar refractivity (Wildman–Crippen MR) is 153 cm³/mol. The topological polar surface area (TPSA) is 133 Å². The van der Waals surface area contributed by atoms with E-state index in [1.165, 1.54) is 5.69 Å². The maximum atomic E-state index is 13.4. The summed E-state index contributed by atoms with van der Waals surface area (Å²) in [5, 5.41) is 20.5. The highest BCUT2D eigenvalue weighted by molar-refractivity contribution is 6.00. The van der Waals surface area contributed by atoms with Crippen LogP contribution in [0.5, 0.6) is 5.75 Å². The number of benzene rings is 3. The van der Waals surface area contributed by atoms with Crippen LogP contribution in [0, 0.1) is 5.41 Å². The number of quaternary nitrogens is 1. The number of aromatic nitrogens is 1. The number of hydrogen-bond acceptors (Lipinski definition) is 5. The highest BCUT2D eigenvalue weighted by atomic mass is 19.4. The van der Waals surface area contributed by atoms with E-state index in [4.69, 9.17) is 25.8 Å². The SMILES string of the molecule is COc1cccc2c1cc(C(=O)NCc1ccc([N+](C)(C)C)cc1)n2Cc1cccc(C(=N)N)c1.O=C([O-])C(F)(F)F. The van der Waals surface area contributed by atoms with Crippen molar-refractivity contribution in [1.29, 1.82) is 5.41 Å². The van der Waals surface area contributed by atoms with E-state index in [1.54, 1.807) is 13.2 Å². The quantitative estimate of drug-likeness (QED) is 0.166. The van der Waals surface area contributed by atoms with Gasteiger partial charge in [0.15, 0.2) is 0 Å². The first-order valence-corrected chi connectivity index (χ1v) is 12.7. The molecule has 4 aromatic rings. The number of methoxy groups -OCH3 is 1. The van der Waals surface area contributed by atoms with Crippen LogP contribution >= 0.6 is 0 Å². The van der Waals surface area contributed by atoms with Gasteiger partial charge in [0, 0.05) is 24.0 Å². The minimum absolute atomic E-state index is 0.0140. The first kappa shape index (κ1) is 31.7. The second kappa shape index (κ2) is 12.8. The van der Waals surface area contributed by atoms with Crippen molar-refractivity contribution in [3.63, 3.8) is 0 Å². The van der Waals surface area contributed by atoms with Crippen molar-refractivity contribution in [2.45, 2.75) is 19.3 Å². The van der Waals surface area contributed by atoms with Crippen molar-refractivity contribution in [1.82, 2.24) is 14.4 Å². The number of carboxylic acid groups (broad SMARTS) is 1. The molecule has 0 aliphatic carbocycles. The van der Waals surface area contributed by atoms with E-state index in [0.717, 1.165) is 26.5 Å². The zero-order chi connectivity index (χ0) is 31.2. The van der Waals surface area contributed by atoms with E-state index >= 15 is 0 Å². The Balaban J connectivity index is 0.000000616. The largest absolute Gasteiger partial charge is 0.542 e. The molecule has 0 radical (unpaired) electrons. The lowest BCUT2D eigenvalue weighted by Gasteiger charge is -2.23. The number of alkyl halides is 3. The Morgan fingerprint density at radius 2 is 1.62 bits per heavy atom. The van der Waals surface area contributed by atoms with E-state index in [1.807, 2.05) is 59.2 Å². The average molecular weight is 584 g/mol. The Morgan fingerprint density at radius 1 is 1.00 bits per heavy atom. The summed E-state index contributed by atoms with van der Waals surface area (Å²) in [5.41, 5.74) is 11.0. The number of amides is 1. The molecule has 0 aliphatic rings. The number of halogens is 3. The van der Waals surface area contributed by atoms with E-state index in [-0.39, 0.29) is 11.7 Å². The lowest BCUT2D eigenvalue weighted by Crippen LogP contribution is -2.37. The third kappa shape index (κ3) is 7.88. The summed E-state index contributed by atoms with van der Waals surface area (Å²) in [6, 6.07) is 23.5. The minimum Gasteiger partial charge on any atom is -0.542 e. The number of fused-ring (bicyclic) bond motifs is 1. The maximum absolute atomic E-state index is 13.4. The third-order valence-corrected chi connectivity index (χ3v) is 6.33. The van der Waals surface area contributed by atoms with Gasteiger partial charge in [0.2, 0.25) is 0 Å². The Labute approximate surface area is 241 Å². The Bertz CT molecular complexity index is 1590. The number of nitrogens with zero attached hydrogens (tertiary/aromatic N) is 2. The van der Waals surface area contributed by atoms with Gasteiger partial charge in [-0.15, -0.1) is 0 Å². The van der Waals surface area contributed by atoms with E-state index in [9.17, 15) is 18.0 Å². The van der Waals surface area contributed by atoms with Crippen molar-refractivity contribution >= 4 is 34.3 Å². The summed E-state index contributed by atoms with van der Waals surface area (Å²) < 4.78 is 39.8. The average Bonchev–Trinajstić information content (AvgIpc) is 3.30. The van der Waals surface area contributed by atoms with Crippen molar-refractivity contribution < 1.29 is 32.6 Å². The molecular weight excluding hydrogens is 551 g/mol. The Kier molecular flexibility index (Phi) is 9.64. The second-order valence-corrected chi connectivity index (χ2v) is 10.3. The van der Waals surface area contributed by atoms with Crippen molar-refractivity contribution in [3.05, 3.63) is 95.2 Å². The van der Waals surface area contributed by atoms with Crippen LogP contribution < -0.4 is 25.4 Å². The van der Waals surface area contributed by atoms with Gasteiger partial charge < -0.3 is 30.3 Å². The molecule has 0 atom stereocenters. The molecule has 0 saturated heterocycles. The van der Waals surface area contributed by atoms with Crippen LogP contribution in [0.15, 0.2) is 72.8 Å². The van der Waals surface area contributed by atoms with Crippen LogP contribution in [0.4, 0.5) is 18.9 Å². The van der Waals surface area contributed by atoms with Crippen LogP contribution in [-0.4, -0.2) is 56.7 Å². The van der Waals surface area contributed by atoms with E-state index < -0.39 is 12.1 Å². The molecule has 1 heterocycles. The number of amidine groups is 1. The molecule has 4 N–H and O–H groups in total. The number of ether oxygens (including phenoxy) is 1. The zero-order valence-corrected chi connectivity index (χ0v) is 23.6. The first-order chi connectivity index (χ1) is 19.6. The highest BCUT2D eigenvalue weighted by Crippen LogP contribution is 2.30. The van der Waals surface area contributed by atoms with Gasteiger partial charge in [0.1, 0.15) is 28.9 Å².